The molecule has 0 saturated heterocycles. The van der Waals surface area contributed by atoms with E-state index >= 15 is 0 Å². The number of alkyl halides is 3. The number of aliphatic imine (C=N–C) groups is 1. The van der Waals surface area contributed by atoms with Crippen molar-refractivity contribution in [1.29, 1.82) is 0 Å². The molecule has 0 saturated carbocycles. The molecule has 2 N–H and O–H groups in total. The van der Waals surface area contributed by atoms with Crippen molar-refractivity contribution in [3.8, 4) is 0 Å². The minimum Gasteiger partial charge on any atom is -0.385 e. The van der Waals surface area contributed by atoms with Gasteiger partial charge < -0.3 is 24.7 Å². The lowest BCUT2D eigenvalue weighted by atomic mass is 10.1. The number of nitrogens with zero attached hydrogens (tertiary/aromatic N) is 4. The van der Waals surface area contributed by atoms with Gasteiger partial charge in [0.05, 0.1) is 19.7 Å². The number of aryl methyl sites for hydroxylation is 1. The number of methoxy groups -OCH3 is 1. The molecule has 0 aliphatic rings. The number of benzene rings is 1. The molecule has 1 aromatic carbocycles. The zero-order chi connectivity index (χ0) is 22.7. The van der Waals surface area contributed by atoms with Gasteiger partial charge in [-0.15, -0.1) is 34.2 Å². The van der Waals surface area contributed by atoms with Gasteiger partial charge in [-0.1, -0.05) is 24.3 Å². The zero-order valence-corrected chi connectivity index (χ0v) is 20.7. The molecule has 1 heterocycles. The third-order valence-corrected chi connectivity index (χ3v) is 4.39. The van der Waals surface area contributed by atoms with Crippen molar-refractivity contribution in [3.63, 3.8) is 0 Å². The molecule has 2 rings (SSSR count). The molecule has 0 unspecified atom stereocenters. The molecule has 12 heteroatoms. The van der Waals surface area contributed by atoms with E-state index in [0.29, 0.717) is 37.8 Å². The van der Waals surface area contributed by atoms with E-state index in [2.05, 4.69) is 30.6 Å². The van der Waals surface area contributed by atoms with E-state index in [1.165, 1.54) is 0 Å². The van der Waals surface area contributed by atoms with Crippen LogP contribution in [0.4, 0.5) is 13.2 Å². The van der Waals surface area contributed by atoms with Crippen LogP contribution in [0.5, 0.6) is 0 Å². The van der Waals surface area contributed by atoms with Crippen LogP contribution in [0.15, 0.2) is 29.3 Å². The van der Waals surface area contributed by atoms with Gasteiger partial charge in [-0.05, 0) is 24.5 Å². The molecule has 0 amide bonds. The molecule has 8 nitrogen and oxygen atoms in total. The van der Waals surface area contributed by atoms with Gasteiger partial charge in [0.2, 0.25) is 0 Å². The van der Waals surface area contributed by atoms with Crippen molar-refractivity contribution >= 4 is 29.9 Å². The molecule has 0 spiro atoms. The fourth-order valence-corrected chi connectivity index (χ4v) is 2.56. The van der Waals surface area contributed by atoms with Crippen LogP contribution in [-0.4, -0.2) is 53.8 Å². The Bertz CT molecular complexity index is 828. The summed E-state index contributed by atoms with van der Waals surface area (Å²) in [7, 11) is 3.55. The Morgan fingerprint density at radius 3 is 2.41 bits per heavy atom. The van der Waals surface area contributed by atoms with Crippen LogP contribution in [0.2, 0.25) is 0 Å². The average molecular weight is 570 g/mol. The molecule has 0 fully saturated rings. The summed E-state index contributed by atoms with van der Waals surface area (Å²) in [5.74, 6) is 2.23. The number of ether oxygens (including phenoxy) is 2. The number of hydrogen-bond acceptors (Lipinski definition) is 5. The predicted molar refractivity (Wildman–Crippen MR) is 126 cm³/mol. The molecule has 0 aliphatic heterocycles. The van der Waals surface area contributed by atoms with Gasteiger partial charge in [-0.25, -0.2) is 4.99 Å². The second-order valence-electron chi connectivity index (χ2n) is 6.94. The normalized spacial score (nSPS) is 11.9. The lowest BCUT2D eigenvalue weighted by molar-refractivity contribution is -0.176. The van der Waals surface area contributed by atoms with E-state index in [9.17, 15) is 13.2 Å². The Balaban J connectivity index is 0.00000512. The molecule has 32 heavy (non-hydrogen) atoms. The molecule has 0 atom stereocenters. The van der Waals surface area contributed by atoms with Crippen molar-refractivity contribution in [2.75, 3.05) is 26.9 Å². The largest absolute Gasteiger partial charge is 0.411 e. The fraction of sp³-hybridized carbons (Fsp3) is 0.550. The van der Waals surface area contributed by atoms with Gasteiger partial charge in [0.15, 0.2) is 11.8 Å². The maximum atomic E-state index is 12.2. The second kappa shape index (κ2) is 14.3. The molecule has 0 aliphatic carbocycles. The number of halogens is 4. The number of aromatic nitrogens is 3. The van der Waals surface area contributed by atoms with Crippen LogP contribution in [0.3, 0.4) is 0 Å². The maximum absolute atomic E-state index is 12.2. The first-order valence-corrected chi connectivity index (χ1v) is 9.87. The summed E-state index contributed by atoms with van der Waals surface area (Å²) in [5.41, 5.74) is 1.60. The lowest BCUT2D eigenvalue weighted by Crippen LogP contribution is -2.38. The molecular weight excluding hydrogens is 540 g/mol. The Morgan fingerprint density at radius 1 is 1.12 bits per heavy atom. The molecule has 0 radical (unpaired) electrons. The number of guanidine groups is 1. The summed E-state index contributed by atoms with van der Waals surface area (Å²) in [5, 5.41) is 14.7. The van der Waals surface area contributed by atoms with Crippen molar-refractivity contribution in [3.05, 3.63) is 47.0 Å². The minimum absolute atomic E-state index is 0. The highest BCUT2D eigenvalue weighted by Gasteiger charge is 2.27. The fourth-order valence-electron chi connectivity index (χ4n) is 2.56. The molecule has 2 aromatic rings. The zero-order valence-electron chi connectivity index (χ0n) is 18.4. The summed E-state index contributed by atoms with van der Waals surface area (Å²) >= 11 is 0. The lowest BCUT2D eigenvalue weighted by Gasteiger charge is -2.12. The van der Waals surface area contributed by atoms with E-state index in [0.717, 1.165) is 23.6 Å². The molecule has 1 aromatic heterocycles. The van der Waals surface area contributed by atoms with E-state index in [1.807, 2.05) is 30.7 Å². The Labute approximate surface area is 203 Å². The highest BCUT2D eigenvalue weighted by atomic mass is 127. The molecule has 180 valence electrons. The Kier molecular flexibility index (Phi) is 12.5. The van der Waals surface area contributed by atoms with Gasteiger partial charge >= 0.3 is 6.18 Å². The number of rotatable bonds is 11. The maximum Gasteiger partial charge on any atom is 0.411 e. The monoisotopic (exact) mass is 570 g/mol. The van der Waals surface area contributed by atoms with Crippen LogP contribution in [0, 0.1) is 6.92 Å². The van der Waals surface area contributed by atoms with Crippen molar-refractivity contribution in [2.24, 2.45) is 12.0 Å². The van der Waals surface area contributed by atoms with Crippen LogP contribution < -0.4 is 10.6 Å². The number of hydrogen-bond donors (Lipinski definition) is 2. The highest BCUT2D eigenvalue weighted by molar-refractivity contribution is 14.0. The number of nitrogens with one attached hydrogen (secondary N) is 2. The predicted octanol–water partition coefficient (Wildman–Crippen LogP) is 3.09. The van der Waals surface area contributed by atoms with Crippen LogP contribution in [-0.2, 0) is 36.2 Å². The van der Waals surface area contributed by atoms with E-state index in [-0.39, 0.29) is 30.6 Å². The van der Waals surface area contributed by atoms with E-state index < -0.39 is 12.8 Å². The van der Waals surface area contributed by atoms with Crippen LogP contribution >= 0.6 is 24.0 Å². The average Bonchev–Trinajstić information content (AvgIpc) is 3.04. The minimum atomic E-state index is -4.32. The van der Waals surface area contributed by atoms with E-state index in [4.69, 9.17) is 4.74 Å². The summed E-state index contributed by atoms with van der Waals surface area (Å²) in [4.78, 5) is 4.58. The molecule has 0 bridgehead atoms. The van der Waals surface area contributed by atoms with E-state index in [1.54, 1.807) is 19.2 Å². The van der Waals surface area contributed by atoms with Gasteiger partial charge in [0, 0.05) is 27.3 Å². The van der Waals surface area contributed by atoms with Gasteiger partial charge in [0.25, 0.3) is 0 Å². The summed E-state index contributed by atoms with van der Waals surface area (Å²) in [6.07, 6.45) is -3.50. The SMILES string of the molecule is COCCCNC(=NCc1ccc(COCC(F)(F)F)cc1)NCc1nnc(C)n1C.I. The van der Waals surface area contributed by atoms with Crippen LogP contribution in [0.1, 0.15) is 29.2 Å². The Morgan fingerprint density at radius 2 is 1.81 bits per heavy atom. The van der Waals surface area contributed by atoms with Crippen molar-refractivity contribution < 1.29 is 22.6 Å². The third-order valence-electron chi connectivity index (χ3n) is 4.39. The highest BCUT2D eigenvalue weighted by Crippen LogP contribution is 2.16. The van der Waals surface area contributed by atoms with Crippen LogP contribution in [0.25, 0.3) is 0 Å². The van der Waals surface area contributed by atoms with Crippen molar-refractivity contribution in [2.45, 2.75) is 39.2 Å². The summed E-state index contributed by atoms with van der Waals surface area (Å²) < 4.78 is 48.1. The van der Waals surface area contributed by atoms with Gasteiger partial charge in [-0.3, -0.25) is 0 Å². The first kappa shape index (κ1) is 28.1. The van der Waals surface area contributed by atoms with Gasteiger partial charge in [-0.2, -0.15) is 13.2 Å². The smallest absolute Gasteiger partial charge is 0.385 e. The first-order valence-electron chi connectivity index (χ1n) is 9.87. The third kappa shape index (κ3) is 10.6. The second-order valence-corrected chi connectivity index (χ2v) is 6.94. The van der Waals surface area contributed by atoms with Crippen molar-refractivity contribution in [1.82, 2.24) is 25.4 Å². The topological polar surface area (TPSA) is 85.6 Å². The van der Waals surface area contributed by atoms with Gasteiger partial charge in [0.1, 0.15) is 12.4 Å². The summed E-state index contributed by atoms with van der Waals surface area (Å²) in [6.45, 7) is 2.73. The first-order chi connectivity index (χ1) is 14.8. The summed E-state index contributed by atoms with van der Waals surface area (Å²) in [6, 6.07) is 7.13. The Hall–Kier alpha value is -1.93. The standard InChI is InChI=1S/C20H29F3N6O2.HI/c1-15-27-28-18(29(15)2)12-26-19(24-9-4-10-30-3)25-11-16-5-7-17(8-6-16)13-31-14-20(21,22)23;/h5-8H,4,9-14H2,1-3H3,(H2,24,25,26);1H. The molecular formula is C20H30F3IN6O2. The quantitative estimate of drug-likeness (QED) is 0.187.